The van der Waals surface area contributed by atoms with Gasteiger partial charge in [-0.3, -0.25) is 0 Å². The SMILES string of the molecule is O=C(O)C(Cc1ccccc1)(Oc1ccccc1)C(F)(F)F. The number of carboxylic acid groups (broad SMARTS) is 1. The average molecular weight is 310 g/mol. The van der Waals surface area contributed by atoms with Gasteiger partial charge in [0.05, 0.1) is 0 Å². The zero-order valence-electron chi connectivity index (χ0n) is 11.4. The quantitative estimate of drug-likeness (QED) is 0.916. The summed E-state index contributed by atoms with van der Waals surface area (Å²) in [5, 5.41) is 9.24. The molecule has 0 radical (unpaired) electrons. The molecule has 2 rings (SSSR count). The van der Waals surface area contributed by atoms with Gasteiger partial charge in [-0.2, -0.15) is 13.2 Å². The van der Waals surface area contributed by atoms with Crippen molar-refractivity contribution in [3.8, 4) is 5.75 Å². The first kappa shape index (κ1) is 15.9. The van der Waals surface area contributed by atoms with Crippen LogP contribution in [0, 0.1) is 0 Å². The Morgan fingerprint density at radius 2 is 1.45 bits per heavy atom. The van der Waals surface area contributed by atoms with E-state index in [4.69, 9.17) is 4.74 Å². The van der Waals surface area contributed by atoms with Gasteiger partial charge < -0.3 is 9.84 Å². The van der Waals surface area contributed by atoms with E-state index in [-0.39, 0.29) is 11.3 Å². The van der Waals surface area contributed by atoms with Crippen LogP contribution in [0.2, 0.25) is 0 Å². The molecule has 0 bridgehead atoms. The Morgan fingerprint density at radius 1 is 0.955 bits per heavy atom. The monoisotopic (exact) mass is 310 g/mol. The minimum atomic E-state index is -5.08. The van der Waals surface area contributed by atoms with E-state index in [0.717, 1.165) is 0 Å². The molecule has 0 aliphatic carbocycles. The lowest BCUT2D eigenvalue weighted by atomic mass is 9.93. The van der Waals surface area contributed by atoms with Crippen molar-refractivity contribution in [1.29, 1.82) is 0 Å². The Hall–Kier alpha value is -2.50. The highest BCUT2D eigenvalue weighted by molar-refractivity contribution is 5.79. The number of rotatable bonds is 5. The van der Waals surface area contributed by atoms with Crippen molar-refractivity contribution in [2.75, 3.05) is 0 Å². The van der Waals surface area contributed by atoms with Crippen LogP contribution in [-0.2, 0) is 11.2 Å². The molecule has 1 N–H and O–H groups in total. The lowest BCUT2D eigenvalue weighted by Gasteiger charge is -2.32. The number of hydrogen-bond acceptors (Lipinski definition) is 2. The number of halogens is 3. The number of aliphatic carboxylic acids is 1. The predicted molar refractivity (Wildman–Crippen MR) is 73.6 cm³/mol. The number of hydrogen-bond donors (Lipinski definition) is 1. The second-order valence-electron chi connectivity index (χ2n) is 4.71. The summed E-state index contributed by atoms with van der Waals surface area (Å²) >= 11 is 0. The number of carboxylic acids is 1. The molecule has 0 saturated carbocycles. The van der Waals surface area contributed by atoms with Gasteiger partial charge >= 0.3 is 17.7 Å². The smallest absolute Gasteiger partial charge is 0.439 e. The van der Waals surface area contributed by atoms with Crippen LogP contribution in [0.1, 0.15) is 5.56 Å². The summed E-state index contributed by atoms with van der Waals surface area (Å²) < 4.78 is 45.4. The molecule has 0 aliphatic heterocycles. The maximum atomic E-state index is 13.5. The second-order valence-corrected chi connectivity index (χ2v) is 4.71. The lowest BCUT2D eigenvalue weighted by Crippen LogP contribution is -2.58. The Morgan fingerprint density at radius 3 is 1.91 bits per heavy atom. The molecule has 3 nitrogen and oxygen atoms in total. The molecule has 0 heterocycles. The average Bonchev–Trinajstić information content (AvgIpc) is 2.47. The first-order valence-electron chi connectivity index (χ1n) is 6.43. The first-order valence-corrected chi connectivity index (χ1v) is 6.43. The van der Waals surface area contributed by atoms with Gasteiger partial charge in [-0.15, -0.1) is 0 Å². The van der Waals surface area contributed by atoms with Crippen molar-refractivity contribution < 1.29 is 27.8 Å². The van der Waals surface area contributed by atoms with Crippen molar-refractivity contribution in [1.82, 2.24) is 0 Å². The van der Waals surface area contributed by atoms with Crippen LogP contribution in [0.3, 0.4) is 0 Å². The largest absolute Gasteiger partial charge is 0.478 e. The van der Waals surface area contributed by atoms with Gasteiger partial charge in [0.25, 0.3) is 0 Å². The summed E-state index contributed by atoms with van der Waals surface area (Å²) in [4.78, 5) is 11.4. The van der Waals surface area contributed by atoms with Crippen LogP contribution in [0.4, 0.5) is 13.2 Å². The number of benzene rings is 2. The number of ether oxygens (including phenoxy) is 1. The summed E-state index contributed by atoms with van der Waals surface area (Å²) in [5.74, 6) is -2.23. The summed E-state index contributed by atoms with van der Waals surface area (Å²) in [6.07, 6.45) is -5.90. The third-order valence-electron chi connectivity index (χ3n) is 3.13. The fraction of sp³-hybridized carbons (Fsp3) is 0.188. The highest BCUT2D eigenvalue weighted by atomic mass is 19.4. The molecular formula is C16H13F3O3. The van der Waals surface area contributed by atoms with E-state index < -0.39 is 24.2 Å². The van der Waals surface area contributed by atoms with E-state index in [2.05, 4.69) is 0 Å². The van der Waals surface area contributed by atoms with E-state index in [1.807, 2.05) is 0 Å². The van der Waals surface area contributed by atoms with E-state index in [0.29, 0.717) is 0 Å². The molecule has 2 aromatic carbocycles. The van der Waals surface area contributed by atoms with Crippen LogP contribution in [-0.4, -0.2) is 22.9 Å². The minimum Gasteiger partial charge on any atom is -0.478 e. The second kappa shape index (κ2) is 6.09. The topological polar surface area (TPSA) is 46.5 Å². The molecular weight excluding hydrogens is 297 g/mol. The minimum absolute atomic E-state index is 0.154. The van der Waals surface area contributed by atoms with Crippen LogP contribution in [0.15, 0.2) is 60.7 Å². The van der Waals surface area contributed by atoms with Crippen molar-refractivity contribution in [3.63, 3.8) is 0 Å². The van der Waals surface area contributed by atoms with Crippen molar-refractivity contribution >= 4 is 5.97 Å². The zero-order valence-corrected chi connectivity index (χ0v) is 11.4. The summed E-state index contributed by atoms with van der Waals surface area (Å²) in [6, 6.07) is 14.7. The van der Waals surface area contributed by atoms with Gasteiger partial charge in [0.15, 0.2) is 0 Å². The number of para-hydroxylation sites is 1. The number of alkyl halides is 3. The molecule has 0 spiro atoms. The van der Waals surface area contributed by atoms with Gasteiger partial charge in [0, 0.05) is 6.42 Å². The van der Waals surface area contributed by atoms with Gasteiger partial charge in [-0.1, -0.05) is 48.5 Å². The molecule has 116 valence electrons. The first-order chi connectivity index (χ1) is 10.3. The van der Waals surface area contributed by atoms with E-state index >= 15 is 0 Å². The Labute approximate surface area is 125 Å². The summed E-state index contributed by atoms with van der Waals surface area (Å²) in [6.45, 7) is 0. The summed E-state index contributed by atoms with van der Waals surface area (Å²) in [7, 11) is 0. The van der Waals surface area contributed by atoms with Gasteiger partial charge in [0.2, 0.25) is 0 Å². The lowest BCUT2D eigenvalue weighted by molar-refractivity contribution is -0.250. The maximum absolute atomic E-state index is 13.5. The van der Waals surface area contributed by atoms with E-state index in [1.54, 1.807) is 24.3 Å². The zero-order chi connectivity index (χ0) is 16.2. The van der Waals surface area contributed by atoms with Crippen LogP contribution in [0.25, 0.3) is 0 Å². The maximum Gasteiger partial charge on any atom is 0.439 e. The van der Waals surface area contributed by atoms with Crippen molar-refractivity contribution in [2.45, 2.75) is 18.2 Å². The molecule has 22 heavy (non-hydrogen) atoms. The van der Waals surface area contributed by atoms with Gasteiger partial charge in [0.1, 0.15) is 5.75 Å². The van der Waals surface area contributed by atoms with Gasteiger partial charge in [-0.05, 0) is 17.7 Å². The number of carbonyl (C=O) groups is 1. The molecule has 0 aromatic heterocycles. The van der Waals surface area contributed by atoms with Crippen LogP contribution >= 0.6 is 0 Å². The molecule has 6 heteroatoms. The van der Waals surface area contributed by atoms with Crippen molar-refractivity contribution in [3.05, 3.63) is 66.2 Å². The third-order valence-corrected chi connectivity index (χ3v) is 3.13. The molecule has 2 aromatic rings. The molecule has 1 atom stereocenters. The van der Waals surface area contributed by atoms with Crippen molar-refractivity contribution in [2.24, 2.45) is 0 Å². The van der Waals surface area contributed by atoms with Gasteiger partial charge in [-0.25, -0.2) is 4.79 Å². The van der Waals surface area contributed by atoms with E-state index in [9.17, 15) is 23.1 Å². The molecule has 1 unspecified atom stereocenters. The highest BCUT2D eigenvalue weighted by Crippen LogP contribution is 2.38. The normalized spacial score (nSPS) is 14.1. The Balaban J connectivity index is 2.45. The fourth-order valence-electron chi connectivity index (χ4n) is 2.01. The fourth-order valence-corrected chi connectivity index (χ4v) is 2.01. The summed E-state index contributed by atoms with van der Waals surface area (Å²) in [5.41, 5.74) is -3.12. The molecule has 0 fully saturated rings. The standard InChI is InChI=1S/C16H13F3O3/c17-16(18,19)15(14(20)21,11-12-7-3-1-4-8-12)22-13-9-5-2-6-10-13/h1-10H,11H2,(H,20,21). The highest BCUT2D eigenvalue weighted by Gasteiger charge is 2.63. The Bertz CT molecular complexity index is 583. The molecule has 0 aliphatic rings. The molecule has 0 amide bonds. The Kier molecular flexibility index (Phi) is 4.40. The van der Waals surface area contributed by atoms with Crippen LogP contribution < -0.4 is 4.74 Å². The predicted octanol–water partition coefficient (Wildman–Crippen LogP) is 3.69. The third kappa shape index (κ3) is 3.21. The van der Waals surface area contributed by atoms with E-state index in [1.165, 1.54) is 36.4 Å². The molecule has 0 saturated heterocycles. The van der Waals surface area contributed by atoms with Crippen LogP contribution in [0.5, 0.6) is 5.75 Å².